The first kappa shape index (κ1) is 35.3. The predicted molar refractivity (Wildman–Crippen MR) is 179 cm³/mol. The summed E-state index contributed by atoms with van der Waals surface area (Å²) in [5, 5.41) is 66.3. The third kappa shape index (κ3) is 7.06. The Morgan fingerprint density at radius 3 is 2.57 bits per heavy atom. The average molecular weight is 679 g/mol. The van der Waals surface area contributed by atoms with Gasteiger partial charge in [-0.1, -0.05) is 49.2 Å². The molecule has 8 atom stereocenters. The molecule has 2 aliphatic heterocycles. The Balaban J connectivity index is 1.26. The van der Waals surface area contributed by atoms with Gasteiger partial charge in [0.15, 0.2) is 5.78 Å². The molecular weight excluding hydrogens is 632 g/mol. The minimum absolute atomic E-state index is 0.0219. The SMILES string of the molecule is Cc1cc2cc(C(=O)O)cc(O[C@@H]3O[C@H](CO)[C@](O)(CC[C@H]4CCC[C@@H]5COCC[C@H]45)[C@H](O)[C@H]3O)c2c(O)c1C(=O)CCc1ccccc1. The maximum Gasteiger partial charge on any atom is 0.335 e. The number of aliphatic hydroxyl groups excluding tert-OH is 3. The molecule has 3 aliphatic rings. The molecule has 0 bridgehead atoms. The largest absolute Gasteiger partial charge is 0.506 e. The van der Waals surface area contributed by atoms with Crippen LogP contribution in [0.3, 0.4) is 0 Å². The molecule has 0 amide bonds. The van der Waals surface area contributed by atoms with E-state index >= 15 is 0 Å². The molecule has 6 N–H and O–H groups in total. The molecule has 0 radical (unpaired) electrons. The fraction of sp³-hybridized carbons (Fsp3) is 0.526. The molecule has 49 heavy (non-hydrogen) atoms. The first-order chi connectivity index (χ1) is 23.5. The van der Waals surface area contributed by atoms with E-state index in [4.69, 9.17) is 14.2 Å². The molecule has 3 aromatic rings. The number of carbonyl (C=O) groups is 2. The number of aliphatic hydroxyl groups is 4. The van der Waals surface area contributed by atoms with E-state index in [9.17, 15) is 40.2 Å². The Labute approximate surface area is 285 Å². The van der Waals surface area contributed by atoms with Crippen LogP contribution in [0.5, 0.6) is 11.5 Å². The Morgan fingerprint density at radius 1 is 1.06 bits per heavy atom. The Morgan fingerprint density at radius 2 is 1.84 bits per heavy atom. The molecule has 3 aromatic carbocycles. The Kier molecular flexibility index (Phi) is 10.6. The molecule has 0 unspecified atom stereocenters. The van der Waals surface area contributed by atoms with Crippen molar-refractivity contribution in [3.63, 3.8) is 0 Å². The van der Waals surface area contributed by atoms with Gasteiger partial charge in [0, 0.05) is 19.6 Å². The lowest BCUT2D eigenvalue weighted by Gasteiger charge is -2.49. The van der Waals surface area contributed by atoms with E-state index in [1.807, 2.05) is 30.3 Å². The molecule has 11 nitrogen and oxygen atoms in total. The van der Waals surface area contributed by atoms with Crippen molar-refractivity contribution in [1.82, 2.24) is 0 Å². The first-order valence-electron chi connectivity index (χ1n) is 17.2. The van der Waals surface area contributed by atoms with Crippen LogP contribution in [0.2, 0.25) is 0 Å². The first-order valence-corrected chi connectivity index (χ1v) is 17.2. The van der Waals surface area contributed by atoms with Crippen molar-refractivity contribution in [1.29, 1.82) is 0 Å². The summed E-state index contributed by atoms with van der Waals surface area (Å²) in [7, 11) is 0. The molecule has 6 rings (SSSR count). The van der Waals surface area contributed by atoms with Crippen LogP contribution < -0.4 is 4.74 Å². The number of benzene rings is 3. The second-order valence-corrected chi connectivity index (χ2v) is 13.9. The Bertz CT molecular complexity index is 1650. The number of aryl methyl sites for hydroxylation is 2. The third-order valence-corrected chi connectivity index (χ3v) is 11.0. The van der Waals surface area contributed by atoms with Gasteiger partial charge in [0.25, 0.3) is 0 Å². The normalized spacial score (nSPS) is 30.1. The second-order valence-electron chi connectivity index (χ2n) is 13.9. The van der Waals surface area contributed by atoms with Crippen molar-refractivity contribution < 1.29 is 54.4 Å². The number of ether oxygens (including phenoxy) is 3. The van der Waals surface area contributed by atoms with Gasteiger partial charge < -0.3 is 44.8 Å². The number of phenolic OH excluding ortho intramolecular Hbond substituents is 1. The van der Waals surface area contributed by atoms with Gasteiger partial charge >= 0.3 is 5.97 Å². The summed E-state index contributed by atoms with van der Waals surface area (Å²) in [5.74, 6) is -1.03. The van der Waals surface area contributed by atoms with E-state index in [1.165, 1.54) is 6.07 Å². The zero-order valence-electron chi connectivity index (χ0n) is 27.7. The molecule has 11 heteroatoms. The van der Waals surface area contributed by atoms with Gasteiger partial charge in [-0.15, -0.1) is 0 Å². The topological polar surface area (TPSA) is 183 Å². The highest BCUT2D eigenvalue weighted by molar-refractivity contribution is 6.09. The van der Waals surface area contributed by atoms with Crippen LogP contribution in [0.4, 0.5) is 0 Å². The quantitative estimate of drug-likeness (QED) is 0.160. The van der Waals surface area contributed by atoms with Gasteiger partial charge in [-0.2, -0.15) is 0 Å². The Hall–Kier alpha value is -3.58. The lowest BCUT2D eigenvalue weighted by Crippen LogP contribution is -2.68. The molecule has 264 valence electrons. The number of carbonyl (C=O) groups excluding carboxylic acids is 1. The maximum atomic E-state index is 13.4. The van der Waals surface area contributed by atoms with Crippen LogP contribution in [0, 0.1) is 24.7 Å². The average Bonchev–Trinajstić information content (AvgIpc) is 3.10. The number of phenols is 1. The van der Waals surface area contributed by atoms with Crippen LogP contribution in [0.1, 0.15) is 76.8 Å². The maximum absolute atomic E-state index is 13.4. The van der Waals surface area contributed by atoms with Gasteiger partial charge in [-0.3, -0.25) is 4.79 Å². The van der Waals surface area contributed by atoms with Crippen molar-refractivity contribution in [2.45, 2.75) is 88.5 Å². The number of Topliss-reactive ketones (excluding diaryl/α,β-unsaturated/α-hetero) is 1. The highest BCUT2D eigenvalue weighted by atomic mass is 16.7. The number of aromatic hydroxyl groups is 1. The van der Waals surface area contributed by atoms with Gasteiger partial charge in [0.1, 0.15) is 35.4 Å². The minimum Gasteiger partial charge on any atom is -0.506 e. The predicted octanol–water partition coefficient (Wildman–Crippen LogP) is 4.15. The smallest absolute Gasteiger partial charge is 0.335 e. The van der Waals surface area contributed by atoms with Crippen LogP contribution in [-0.2, 0) is 15.9 Å². The van der Waals surface area contributed by atoms with Gasteiger partial charge in [-0.25, -0.2) is 4.79 Å². The van der Waals surface area contributed by atoms with Crippen LogP contribution >= 0.6 is 0 Å². The highest BCUT2D eigenvalue weighted by Crippen LogP contribution is 2.45. The molecule has 0 spiro atoms. The summed E-state index contributed by atoms with van der Waals surface area (Å²) < 4.78 is 17.6. The number of fused-ring (bicyclic) bond motifs is 2. The van der Waals surface area contributed by atoms with E-state index < -0.39 is 48.5 Å². The zero-order chi connectivity index (χ0) is 34.9. The molecule has 1 aliphatic carbocycles. The molecule has 2 heterocycles. The van der Waals surface area contributed by atoms with Crippen molar-refractivity contribution in [3.8, 4) is 11.5 Å². The highest BCUT2D eigenvalue weighted by Gasteiger charge is 2.55. The second kappa shape index (κ2) is 14.7. The molecule has 3 fully saturated rings. The fourth-order valence-corrected chi connectivity index (χ4v) is 8.31. The summed E-state index contributed by atoms with van der Waals surface area (Å²) in [5.41, 5.74) is -0.732. The number of aromatic carboxylic acids is 1. The van der Waals surface area contributed by atoms with Crippen molar-refractivity contribution >= 4 is 22.5 Å². The summed E-state index contributed by atoms with van der Waals surface area (Å²) in [6.45, 7) is 2.38. The number of carboxylic acids is 1. The molecule has 0 aromatic heterocycles. The number of hydrogen-bond acceptors (Lipinski definition) is 10. The van der Waals surface area contributed by atoms with Gasteiger partial charge in [-0.05, 0) is 85.4 Å². The number of carboxylic acid groups (broad SMARTS) is 1. The van der Waals surface area contributed by atoms with Crippen LogP contribution in [0.15, 0.2) is 48.5 Å². The number of hydrogen-bond donors (Lipinski definition) is 6. The minimum atomic E-state index is -1.99. The number of rotatable bonds is 11. The molecular formula is C38H46O11. The third-order valence-electron chi connectivity index (χ3n) is 11.0. The van der Waals surface area contributed by atoms with E-state index in [2.05, 4.69) is 0 Å². The van der Waals surface area contributed by atoms with Gasteiger partial charge in [0.2, 0.25) is 6.29 Å². The van der Waals surface area contributed by atoms with Crippen molar-refractivity contribution in [2.24, 2.45) is 17.8 Å². The number of ketones is 1. The van der Waals surface area contributed by atoms with E-state index in [0.29, 0.717) is 42.8 Å². The van der Waals surface area contributed by atoms with Crippen LogP contribution in [0.25, 0.3) is 10.8 Å². The lowest BCUT2D eigenvalue weighted by atomic mass is 9.67. The summed E-state index contributed by atoms with van der Waals surface area (Å²) in [6.07, 6.45) is -1.33. The standard InChI is InChI=1S/C38H46O11/c1-21-16-25-17-26(36(44)45)18-29(32(25)33(41)31(21)28(40)11-10-22-6-3-2-4-7-22)48-37-34(42)35(43)38(46,30(19-39)49-37)14-12-23-8-5-9-24-20-47-15-13-27(23)24/h2-4,6-7,16-18,23-24,27,30,34-35,37,39,41-43,46H,5,8-15,19-20H2,1H3,(H,44,45)/t23-,24-,27-,30-,34-,35-,37-,38-/m1/s1. The van der Waals surface area contributed by atoms with Crippen molar-refractivity contribution in [3.05, 3.63) is 70.8 Å². The lowest BCUT2D eigenvalue weighted by molar-refractivity contribution is -0.315. The molecule has 2 saturated heterocycles. The van der Waals surface area contributed by atoms with E-state index in [1.54, 1.807) is 13.0 Å². The van der Waals surface area contributed by atoms with E-state index in [0.717, 1.165) is 43.9 Å². The van der Waals surface area contributed by atoms with Gasteiger partial charge in [0.05, 0.1) is 23.1 Å². The summed E-state index contributed by atoms with van der Waals surface area (Å²) in [6, 6.07) is 13.5. The fourth-order valence-electron chi connectivity index (χ4n) is 8.31. The monoisotopic (exact) mass is 678 g/mol. The van der Waals surface area contributed by atoms with E-state index in [-0.39, 0.29) is 46.3 Å². The van der Waals surface area contributed by atoms with Crippen molar-refractivity contribution in [2.75, 3.05) is 19.8 Å². The summed E-state index contributed by atoms with van der Waals surface area (Å²) in [4.78, 5) is 25.5. The van der Waals surface area contributed by atoms with Crippen LogP contribution in [-0.4, -0.2) is 92.4 Å². The zero-order valence-corrected chi connectivity index (χ0v) is 27.7. The summed E-state index contributed by atoms with van der Waals surface area (Å²) >= 11 is 0. The molecule has 1 saturated carbocycles.